The van der Waals surface area contributed by atoms with Gasteiger partial charge in [0.2, 0.25) is 0 Å². The van der Waals surface area contributed by atoms with Crippen LogP contribution in [0, 0.1) is 0 Å². The molecule has 0 bridgehead atoms. The maximum absolute atomic E-state index is 5.08. The van der Waals surface area contributed by atoms with Crippen molar-refractivity contribution in [2.24, 2.45) is 0 Å². The Morgan fingerprint density at radius 1 is 1.13 bits per heavy atom. The Balaban J connectivity index is 0.000000115. The van der Waals surface area contributed by atoms with Crippen molar-refractivity contribution >= 4 is 15.9 Å². The fourth-order valence-electron chi connectivity index (χ4n) is 1.18. The van der Waals surface area contributed by atoms with Gasteiger partial charge in [-0.1, -0.05) is 18.2 Å². The molecule has 0 atom stereocenters. The van der Waals surface area contributed by atoms with E-state index in [-0.39, 0.29) is 0 Å². The van der Waals surface area contributed by atoms with Gasteiger partial charge in [0.15, 0.2) is 0 Å². The molecule has 0 saturated heterocycles. The normalized spacial score (nSPS) is 11.3. The van der Waals surface area contributed by atoms with Crippen LogP contribution in [0.1, 0.15) is 5.56 Å². The topological polar surface area (TPSA) is 22.1 Å². The monoisotopic (exact) mass is 263 g/mol. The van der Waals surface area contributed by atoms with Crippen molar-refractivity contribution in [2.45, 2.75) is 6.61 Å². The maximum Gasteiger partial charge on any atom is 0.126 e. The summed E-state index contributed by atoms with van der Waals surface area (Å²) in [5.41, 5.74) is 1.33. The molecule has 2 heterocycles. The van der Waals surface area contributed by atoms with E-state index in [2.05, 4.69) is 27.0 Å². The van der Waals surface area contributed by atoms with Crippen molar-refractivity contribution in [1.29, 1.82) is 0 Å². The van der Waals surface area contributed by atoms with Crippen LogP contribution in [0.4, 0.5) is 0 Å². The van der Waals surface area contributed by atoms with Gasteiger partial charge in [0.05, 0.1) is 0 Å². The number of rotatable bonds is 0. The summed E-state index contributed by atoms with van der Waals surface area (Å²) in [6.45, 7) is 0.802. The third-order valence-electron chi connectivity index (χ3n) is 1.98. The van der Waals surface area contributed by atoms with Gasteiger partial charge in [-0.25, -0.2) is 0 Å². The quantitative estimate of drug-likeness (QED) is 0.727. The zero-order valence-corrected chi connectivity index (χ0v) is 9.65. The first-order valence-electron chi connectivity index (χ1n) is 4.62. The molecule has 1 aliphatic heterocycles. The van der Waals surface area contributed by atoms with Gasteiger partial charge in [-0.05, 0) is 34.1 Å². The molecule has 0 saturated carbocycles. The van der Waals surface area contributed by atoms with Crippen LogP contribution in [0.25, 0.3) is 0 Å². The summed E-state index contributed by atoms with van der Waals surface area (Å²) in [7, 11) is 0. The molecule has 0 amide bonds. The molecule has 0 spiro atoms. The zero-order valence-electron chi connectivity index (χ0n) is 8.06. The standard InChI is InChI=1S/C7H6O.C5H4BrN/c1-2-4-7-6(3-1)5-8-7;6-5-2-1-3-7-4-5/h1-4H,5H2;1-4H. The van der Waals surface area contributed by atoms with Crippen LogP contribution in [0.2, 0.25) is 0 Å². The Morgan fingerprint density at radius 2 is 2.00 bits per heavy atom. The molecule has 0 fully saturated rings. The van der Waals surface area contributed by atoms with Crippen molar-refractivity contribution < 1.29 is 4.74 Å². The van der Waals surface area contributed by atoms with Crippen LogP contribution < -0.4 is 4.74 Å². The maximum atomic E-state index is 5.08. The van der Waals surface area contributed by atoms with Gasteiger partial charge < -0.3 is 4.74 Å². The molecular weight excluding hydrogens is 254 g/mol. The lowest BCUT2D eigenvalue weighted by molar-refractivity contribution is 0.243. The van der Waals surface area contributed by atoms with Crippen molar-refractivity contribution in [3.05, 3.63) is 58.8 Å². The van der Waals surface area contributed by atoms with E-state index in [1.165, 1.54) is 5.56 Å². The van der Waals surface area contributed by atoms with E-state index in [0.29, 0.717) is 0 Å². The minimum atomic E-state index is 0.802. The van der Waals surface area contributed by atoms with Gasteiger partial charge in [0, 0.05) is 22.4 Å². The number of nitrogens with zero attached hydrogens (tertiary/aromatic N) is 1. The molecule has 15 heavy (non-hydrogen) atoms. The number of benzene rings is 1. The lowest BCUT2D eigenvalue weighted by atomic mass is 10.1. The number of hydrogen-bond donors (Lipinski definition) is 0. The highest BCUT2D eigenvalue weighted by Gasteiger charge is 2.10. The smallest absolute Gasteiger partial charge is 0.126 e. The summed E-state index contributed by atoms with van der Waals surface area (Å²) < 4.78 is 6.10. The number of halogens is 1. The van der Waals surface area contributed by atoms with Crippen LogP contribution in [-0.2, 0) is 6.61 Å². The largest absolute Gasteiger partial charge is 0.488 e. The summed E-state index contributed by atoms with van der Waals surface area (Å²) in [4.78, 5) is 3.84. The highest BCUT2D eigenvalue weighted by molar-refractivity contribution is 9.10. The average Bonchev–Trinajstić information content (AvgIpc) is 2.22. The first-order chi connectivity index (χ1) is 7.36. The van der Waals surface area contributed by atoms with Crippen LogP contribution in [-0.4, -0.2) is 4.98 Å². The molecule has 1 aromatic carbocycles. The third-order valence-corrected chi connectivity index (χ3v) is 2.45. The fraction of sp³-hybridized carbons (Fsp3) is 0.0833. The van der Waals surface area contributed by atoms with Gasteiger partial charge >= 0.3 is 0 Å². The number of aromatic nitrogens is 1. The summed E-state index contributed by atoms with van der Waals surface area (Å²) >= 11 is 3.25. The third kappa shape index (κ3) is 2.80. The van der Waals surface area contributed by atoms with E-state index in [1.807, 2.05) is 30.3 Å². The Kier molecular flexibility index (Phi) is 3.35. The first-order valence-corrected chi connectivity index (χ1v) is 5.42. The molecule has 0 unspecified atom stereocenters. The van der Waals surface area contributed by atoms with Crippen molar-refractivity contribution in [1.82, 2.24) is 4.98 Å². The van der Waals surface area contributed by atoms with Gasteiger partial charge in [-0.2, -0.15) is 0 Å². The molecule has 1 aliphatic rings. The van der Waals surface area contributed by atoms with Crippen molar-refractivity contribution in [2.75, 3.05) is 0 Å². The molecule has 0 N–H and O–H groups in total. The van der Waals surface area contributed by atoms with E-state index in [4.69, 9.17) is 4.74 Å². The zero-order chi connectivity index (χ0) is 10.5. The number of pyridine rings is 1. The van der Waals surface area contributed by atoms with Crippen LogP contribution >= 0.6 is 15.9 Å². The van der Waals surface area contributed by atoms with Crippen molar-refractivity contribution in [3.63, 3.8) is 0 Å². The van der Waals surface area contributed by atoms with Gasteiger partial charge in [-0.15, -0.1) is 0 Å². The number of para-hydroxylation sites is 1. The molecule has 3 heteroatoms. The van der Waals surface area contributed by atoms with Gasteiger partial charge in [0.25, 0.3) is 0 Å². The predicted molar refractivity (Wildman–Crippen MR) is 62.7 cm³/mol. The highest BCUT2D eigenvalue weighted by Crippen LogP contribution is 2.27. The second-order valence-corrected chi connectivity index (χ2v) is 3.98. The predicted octanol–water partition coefficient (Wildman–Crippen LogP) is 3.42. The molecule has 2 nitrogen and oxygen atoms in total. The second kappa shape index (κ2) is 4.94. The fourth-order valence-corrected chi connectivity index (χ4v) is 1.45. The Labute approximate surface area is 97.1 Å². The molecule has 1 aromatic heterocycles. The highest BCUT2D eigenvalue weighted by atomic mass is 79.9. The van der Waals surface area contributed by atoms with Crippen molar-refractivity contribution in [3.8, 4) is 5.75 Å². The van der Waals surface area contributed by atoms with Gasteiger partial charge in [-0.3, -0.25) is 4.98 Å². The van der Waals surface area contributed by atoms with Crippen LogP contribution in [0.3, 0.4) is 0 Å². The van der Waals surface area contributed by atoms with E-state index < -0.39 is 0 Å². The summed E-state index contributed by atoms with van der Waals surface area (Å²) in [5.74, 6) is 1.05. The number of ether oxygens (including phenoxy) is 1. The number of fused-ring (bicyclic) bond motifs is 1. The molecule has 76 valence electrons. The van der Waals surface area contributed by atoms with E-state index in [1.54, 1.807) is 12.4 Å². The Hall–Kier alpha value is -1.35. The van der Waals surface area contributed by atoms with E-state index in [9.17, 15) is 0 Å². The minimum absolute atomic E-state index is 0.802. The summed E-state index contributed by atoms with van der Waals surface area (Å²) in [6, 6.07) is 11.9. The molecular formula is C12H10BrNO. The van der Waals surface area contributed by atoms with Gasteiger partial charge in [0.1, 0.15) is 12.4 Å². The van der Waals surface area contributed by atoms with E-state index >= 15 is 0 Å². The average molecular weight is 264 g/mol. The van der Waals surface area contributed by atoms with Crippen LogP contribution in [0.15, 0.2) is 53.3 Å². The number of hydrogen-bond acceptors (Lipinski definition) is 2. The molecule has 0 radical (unpaired) electrons. The SMILES string of the molecule is Brc1cccnc1.c1ccc2c(c1)CO2. The lowest BCUT2D eigenvalue weighted by Gasteiger charge is -2.18. The molecule has 3 rings (SSSR count). The van der Waals surface area contributed by atoms with E-state index in [0.717, 1.165) is 16.8 Å². The Bertz CT molecular complexity index is 408. The summed E-state index contributed by atoms with van der Waals surface area (Å²) in [5, 5.41) is 0. The first kappa shape index (κ1) is 10.2. The molecule has 0 aliphatic carbocycles. The minimum Gasteiger partial charge on any atom is -0.488 e. The second-order valence-electron chi connectivity index (χ2n) is 3.07. The van der Waals surface area contributed by atoms with Crippen LogP contribution in [0.5, 0.6) is 5.75 Å². The summed E-state index contributed by atoms with van der Waals surface area (Å²) in [6.07, 6.45) is 3.49. The lowest BCUT2D eigenvalue weighted by Crippen LogP contribution is -2.07. The molecule has 2 aromatic rings. The Morgan fingerprint density at radius 3 is 2.33 bits per heavy atom.